The summed E-state index contributed by atoms with van der Waals surface area (Å²) in [5, 5.41) is 0. The Balaban J connectivity index is 2.02. The zero-order valence-electron chi connectivity index (χ0n) is 14.3. The van der Waals surface area contributed by atoms with Crippen LogP contribution in [0.2, 0.25) is 0 Å². The molecule has 1 N–H and O–H groups in total. The van der Waals surface area contributed by atoms with Gasteiger partial charge in [0.1, 0.15) is 0 Å². The molecule has 2 rings (SSSR count). The first-order chi connectivity index (χ1) is 10.7. The number of piperidine rings is 1. The Labute approximate surface area is 139 Å². The SMILES string of the molecule is CC(=O)N1CCC(CNS(=O)(=O)c2c(C)cc(C)cc2C)CC1. The van der Waals surface area contributed by atoms with Gasteiger partial charge in [0.15, 0.2) is 0 Å². The van der Waals surface area contributed by atoms with Crippen molar-refractivity contribution in [3.8, 4) is 0 Å². The average Bonchev–Trinajstić information content (AvgIpc) is 2.44. The molecular formula is C17H26N2O3S. The molecule has 128 valence electrons. The van der Waals surface area contributed by atoms with Crippen LogP contribution in [-0.4, -0.2) is 38.9 Å². The van der Waals surface area contributed by atoms with Gasteiger partial charge in [-0.3, -0.25) is 4.79 Å². The second-order valence-electron chi connectivity index (χ2n) is 6.53. The van der Waals surface area contributed by atoms with Crippen LogP contribution in [0.5, 0.6) is 0 Å². The highest BCUT2D eigenvalue weighted by molar-refractivity contribution is 7.89. The monoisotopic (exact) mass is 338 g/mol. The fraction of sp³-hybridized carbons (Fsp3) is 0.588. The number of amides is 1. The number of sulfonamides is 1. The highest BCUT2D eigenvalue weighted by atomic mass is 32.2. The van der Waals surface area contributed by atoms with Crippen molar-refractivity contribution in [2.45, 2.75) is 45.4 Å². The van der Waals surface area contributed by atoms with Crippen LogP contribution >= 0.6 is 0 Å². The number of hydrogen-bond acceptors (Lipinski definition) is 3. The molecule has 0 atom stereocenters. The van der Waals surface area contributed by atoms with Crippen molar-refractivity contribution in [3.63, 3.8) is 0 Å². The summed E-state index contributed by atoms with van der Waals surface area (Å²) in [6.45, 7) is 9.06. The summed E-state index contributed by atoms with van der Waals surface area (Å²) >= 11 is 0. The van der Waals surface area contributed by atoms with E-state index in [2.05, 4.69) is 4.72 Å². The Hall–Kier alpha value is -1.40. The van der Waals surface area contributed by atoms with Gasteiger partial charge >= 0.3 is 0 Å². The number of likely N-dealkylation sites (tertiary alicyclic amines) is 1. The van der Waals surface area contributed by atoms with Crippen LogP contribution in [0, 0.1) is 26.7 Å². The largest absolute Gasteiger partial charge is 0.343 e. The standard InChI is InChI=1S/C17H26N2O3S/c1-12-9-13(2)17(14(3)10-12)23(21,22)18-11-16-5-7-19(8-6-16)15(4)20/h9-10,16,18H,5-8,11H2,1-4H3. The minimum absolute atomic E-state index is 0.0925. The van der Waals surface area contributed by atoms with E-state index in [9.17, 15) is 13.2 Å². The lowest BCUT2D eigenvalue weighted by Crippen LogP contribution is -2.40. The van der Waals surface area contributed by atoms with E-state index in [0.29, 0.717) is 24.5 Å². The summed E-state index contributed by atoms with van der Waals surface area (Å²) in [5.41, 5.74) is 2.62. The Morgan fingerprint density at radius 1 is 1.17 bits per heavy atom. The molecule has 1 aromatic rings. The molecule has 1 aliphatic heterocycles. The molecule has 0 bridgehead atoms. The molecule has 0 spiro atoms. The zero-order chi connectivity index (χ0) is 17.2. The smallest absolute Gasteiger partial charge is 0.241 e. The summed E-state index contributed by atoms with van der Waals surface area (Å²) in [6, 6.07) is 3.79. The number of nitrogens with zero attached hydrogens (tertiary/aromatic N) is 1. The molecule has 23 heavy (non-hydrogen) atoms. The molecule has 0 aliphatic carbocycles. The maximum Gasteiger partial charge on any atom is 0.241 e. The predicted octanol–water partition coefficient (Wildman–Crippen LogP) is 2.15. The number of rotatable bonds is 4. The van der Waals surface area contributed by atoms with E-state index in [1.165, 1.54) is 0 Å². The van der Waals surface area contributed by atoms with Gasteiger partial charge in [0.2, 0.25) is 15.9 Å². The lowest BCUT2D eigenvalue weighted by atomic mass is 9.97. The van der Waals surface area contributed by atoms with Gasteiger partial charge in [0.05, 0.1) is 4.90 Å². The second kappa shape index (κ2) is 7.01. The number of nitrogens with one attached hydrogen (secondary N) is 1. The van der Waals surface area contributed by atoms with Crippen LogP contribution in [-0.2, 0) is 14.8 Å². The zero-order valence-corrected chi connectivity index (χ0v) is 15.2. The highest BCUT2D eigenvalue weighted by Crippen LogP contribution is 2.23. The normalized spacial score (nSPS) is 16.6. The molecule has 1 fully saturated rings. The first kappa shape index (κ1) is 17.9. The molecule has 1 aromatic carbocycles. The highest BCUT2D eigenvalue weighted by Gasteiger charge is 2.24. The third-order valence-corrected chi connectivity index (χ3v) is 6.22. The van der Waals surface area contributed by atoms with Gasteiger partial charge in [0.25, 0.3) is 0 Å². The summed E-state index contributed by atoms with van der Waals surface area (Å²) in [7, 11) is -3.50. The maximum atomic E-state index is 12.6. The number of aryl methyl sites for hydroxylation is 3. The van der Waals surface area contributed by atoms with Crippen LogP contribution in [0.4, 0.5) is 0 Å². The average molecular weight is 338 g/mol. The van der Waals surface area contributed by atoms with E-state index in [0.717, 1.165) is 29.5 Å². The molecule has 0 saturated carbocycles. The van der Waals surface area contributed by atoms with Gasteiger partial charge in [-0.2, -0.15) is 0 Å². The van der Waals surface area contributed by atoms with Crippen LogP contribution in [0.15, 0.2) is 17.0 Å². The van der Waals surface area contributed by atoms with Gasteiger partial charge in [-0.1, -0.05) is 17.7 Å². The Kier molecular flexibility index (Phi) is 5.47. The van der Waals surface area contributed by atoms with Crippen LogP contribution in [0.1, 0.15) is 36.5 Å². The van der Waals surface area contributed by atoms with Crippen LogP contribution in [0.25, 0.3) is 0 Å². The van der Waals surface area contributed by atoms with Crippen molar-refractivity contribution in [3.05, 3.63) is 28.8 Å². The minimum Gasteiger partial charge on any atom is -0.343 e. The number of benzene rings is 1. The fourth-order valence-electron chi connectivity index (χ4n) is 3.34. The van der Waals surface area contributed by atoms with E-state index in [-0.39, 0.29) is 11.8 Å². The Morgan fingerprint density at radius 2 is 1.70 bits per heavy atom. The van der Waals surface area contributed by atoms with Crippen molar-refractivity contribution in [1.82, 2.24) is 9.62 Å². The third kappa shape index (κ3) is 4.32. The molecule has 1 amide bonds. The van der Waals surface area contributed by atoms with Gasteiger partial charge in [-0.15, -0.1) is 0 Å². The second-order valence-corrected chi connectivity index (χ2v) is 8.23. The molecular weight excluding hydrogens is 312 g/mol. The van der Waals surface area contributed by atoms with E-state index in [1.807, 2.05) is 37.8 Å². The first-order valence-corrected chi connectivity index (χ1v) is 9.52. The van der Waals surface area contributed by atoms with Crippen LogP contribution in [0.3, 0.4) is 0 Å². The third-order valence-electron chi connectivity index (χ3n) is 4.50. The number of hydrogen-bond donors (Lipinski definition) is 1. The van der Waals surface area contributed by atoms with Gasteiger partial charge in [-0.05, 0) is 50.7 Å². The lowest BCUT2D eigenvalue weighted by Gasteiger charge is -2.31. The molecule has 1 saturated heterocycles. The fourth-order valence-corrected chi connectivity index (χ4v) is 4.91. The van der Waals surface area contributed by atoms with Gasteiger partial charge in [-0.25, -0.2) is 13.1 Å². The van der Waals surface area contributed by atoms with Gasteiger partial charge in [0, 0.05) is 26.6 Å². The number of carbonyl (C=O) groups is 1. The Bertz CT molecular complexity index is 667. The van der Waals surface area contributed by atoms with Crippen molar-refractivity contribution < 1.29 is 13.2 Å². The van der Waals surface area contributed by atoms with Crippen LogP contribution < -0.4 is 4.72 Å². The van der Waals surface area contributed by atoms with E-state index >= 15 is 0 Å². The van der Waals surface area contributed by atoms with E-state index in [1.54, 1.807) is 6.92 Å². The van der Waals surface area contributed by atoms with Crippen molar-refractivity contribution >= 4 is 15.9 Å². The summed E-state index contributed by atoms with van der Waals surface area (Å²) in [6.07, 6.45) is 1.68. The molecule has 6 heteroatoms. The van der Waals surface area contributed by atoms with Crippen molar-refractivity contribution in [1.29, 1.82) is 0 Å². The molecule has 0 radical (unpaired) electrons. The van der Waals surface area contributed by atoms with Crippen molar-refractivity contribution in [2.24, 2.45) is 5.92 Å². The van der Waals surface area contributed by atoms with Crippen molar-refractivity contribution in [2.75, 3.05) is 19.6 Å². The quantitative estimate of drug-likeness (QED) is 0.915. The van der Waals surface area contributed by atoms with Gasteiger partial charge < -0.3 is 4.90 Å². The first-order valence-electron chi connectivity index (χ1n) is 8.03. The molecule has 1 heterocycles. The minimum atomic E-state index is -3.50. The summed E-state index contributed by atoms with van der Waals surface area (Å²) < 4.78 is 28.0. The summed E-state index contributed by atoms with van der Waals surface area (Å²) in [4.78, 5) is 13.5. The number of carbonyl (C=O) groups excluding carboxylic acids is 1. The Morgan fingerprint density at radius 3 is 2.17 bits per heavy atom. The topological polar surface area (TPSA) is 66.5 Å². The molecule has 1 aliphatic rings. The molecule has 5 nitrogen and oxygen atoms in total. The molecule has 0 unspecified atom stereocenters. The lowest BCUT2D eigenvalue weighted by molar-refractivity contribution is -0.130. The molecule has 0 aromatic heterocycles. The maximum absolute atomic E-state index is 12.6. The predicted molar refractivity (Wildman–Crippen MR) is 90.8 cm³/mol. The summed E-state index contributed by atoms with van der Waals surface area (Å²) in [5.74, 6) is 0.376. The van der Waals surface area contributed by atoms with E-state index in [4.69, 9.17) is 0 Å². The van der Waals surface area contributed by atoms with E-state index < -0.39 is 10.0 Å².